The third-order valence-electron chi connectivity index (χ3n) is 7.60. The summed E-state index contributed by atoms with van der Waals surface area (Å²) in [5.41, 5.74) is 3.52. The van der Waals surface area contributed by atoms with Crippen LogP contribution in [0.25, 0.3) is 52.5 Å². The summed E-state index contributed by atoms with van der Waals surface area (Å²) in [7, 11) is 0. The number of fused-ring (bicyclic) bond motifs is 8. The molecule has 0 saturated carbocycles. The minimum Gasteiger partial charge on any atom is -0.310 e. The Kier molecular flexibility index (Phi) is 4.76. The van der Waals surface area contributed by atoms with E-state index in [0.29, 0.717) is 0 Å². The molecule has 2 heteroatoms. The van der Waals surface area contributed by atoms with E-state index in [2.05, 4.69) is 144 Å². The van der Waals surface area contributed by atoms with Crippen LogP contribution < -0.4 is 4.90 Å². The molecular formula is C36H23NS. The molecule has 0 fully saturated rings. The SMILES string of the molecule is c1ccc(N(c2ccc3c(ccc4ccc5ccccc5c43)c2)c2cccc3sc4ccccc4c23)cc1. The highest BCUT2D eigenvalue weighted by atomic mass is 32.1. The Hall–Kier alpha value is -4.66. The number of hydrogen-bond acceptors (Lipinski definition) is 2. The number of anilines is 3. The molecule has 1 heterocycles. The van der Waals surface area contributed by atoms with Crippen molar-refractivity contribution in [3.63, 3.8) is 0 Å². The van der Waals surface area contributed by atoms with Gasteiger partial charge in [-0.1, -0.05) is 97.1 Å². The van der Waals surface area contributed by atoms with E-state index >= 15 is 0 Å². The Bertz CT molecular complexity index is 2140. The van der Waals surface area contributed by atoms with E-state index in [1.807, 2.05) is 11.3 Å². The molecule has 7 aromatic carbocycles. The molecule has 0 atom stereocenters. The number of nitrogens with zero attached hydrogens (tertiary/aromatic N) is 1. The lowest BCUT2D eigenvalue weighted by Gasteiger charge is -2.27. The van der Waals surface area contributed by atoms with Crippen LogP contribution in [-0.4, -0.2) is 0 Å². The van der Waals surface area contributed by atoms with E-state index in [9.17, 15) is 0 Å². The van der Waals surface area contributed by atoms with Crippen molar-refractivity contribution in [2.24, 2.45) is 0 Å². The Morgan fingerprint density at radius 3 is 1.97 bits per heavy atom. The number of hydrogen-bond donors (Lipinski definition) is 0. The molecule has 8 rings (SSSR count). The summed E-state index contributed by atoms with van der Waals surface area (Å²) >= 11 is 1.86. The molecule has 0 unspecified atom stereocenters. The average molecular weight is 502 g/mol. The second kappa shape index (κ2) is 8.44. The van der Waals surface area contributed by atoms with Gasteiger partial charge >= 0.3 is 0 Å². The van der Waals surface area contributed by atoms with Gasteiger partial charge in [0.2, 0.25) is 0 Å². The standard InChI is InChI=1S/C36H23NS/c1-2-10-27(11-3-1)37(32-14-8-16-34-36(32)31-13-6-7-15-33(31)38-34)28-21-22-30-26(23-28)20-19-25-18-17-24-9-4-5-12-29(24)35(25)30/h1-23H. The van der Waals surface area contributed by atoms with Gasteiger partial charge in [-0.15, -0.1) is 11.3 Å². The van der Waals surface area contributed by atoms with Gasteiger partial charge < -0.3 is 4.90 Å². The third kappa shape index (κ3) is 3.24. The Morgan fingerprint density at radius 1 is 0.395 bits per heavy atom. The summed E-state index contributed by atoms with van der Waals surface area (Å²) < 4.78 is 2.63. The summed E-state index contributed by atoms with van der Waals surface area (Å²) in [4.78, 5) is 2.41. The van der Waals surface area contributed by atoms with Crippen molar-refractivity contribution in [2.45, 2.75) is 0 Å². The molecule has 0 aliphatic rings. The van der Waals surface area contributed by atoms with Crippen LogP contribution in [-0.2, 0) is 0 Å². The van der Waals surface area contributed by atoms with Crippen LogP contribution in [0.5, 0.6) is 0 Å². The van der Waals surface area contributed by atoms with E-state index in [4.69, 9.17) is 0 Å². The first-order valence-electron chi connectivity index (χ1n) is 12.9. The second-order valence-corrected chi connectivity index (χ2v) is 10.9. The molecule has 0 aliphatic carbocycles. The largest absolute Gasteiger partial charge is 0.310 e. The van der Waals surface area contributed by atoms with Gasteiger partial charge in [0.15, 0.2) is 0 Å². The maximum absolute atomic E-state index is 2.41. The highest BCUT2D eigenvalue weighted by Gasteiger charge is 2.18. The van der Waals surface area contributed by atoms with E-state index in [1.54, 1.807) is 0 Å². The molecule has 178 valence electrons. The Labute approximate surface area is 224 Å². The third-order valence-corrected chi connectivity index (χ3v) is 8.74. The molecule has 1 nitrogen and oxygen atoms in total. The molecule has 0 bridgehead atoms. The zero-order chi connectivity index (χ0) is 25.1. The van der Waals surface area contributed by atoms with Crippen LogP contribution in [0.3, 0.4) is 0 Å². The normalized spacial score (nSPS) is 11.7. The van der Waals surface area contributed by atoms with Gasteiger partial charge in [0, 0.05) is 31.5 Å². The number of thiophene rings is 1. The van der Waals surface area contributed by atoms with E-state index in [0.717, 1.165) is 11.4 Å². The van der Waals surface area contributed by atoms with Gasteiger partial charge in [-0.2, -0.15) is 0 Å². The summed E-state index contributed by atoms with van der Waals surface area (Å²) in [5.74, 6) is 0. The zero-order valence-electron chi connectivity index (χ0n) is 20.6. The lowest BCUT2D eigenvalue weighted by atomic mass is 9.96. The lowest BCUT2D eigenvalue weighted by Crippen LogP contribution is -2.10. The van der Waals surface area contributed by atoms with Gasteiger partial charge in [0.05, 0.1) is 5.69 Å². The molecule has 8 aromatic rings. The lowest BCUT2D eigenvalue weighted by molar-refractivity contribution is 1.31. The highest BCUT2D eigenvalue weighted by Crippen LogP contribution is 2.45. The van der Waals surface area contributed by atoms with Crippen molar-refractivity contribution < 1.29 is 0 Å². The average Bonchev–Trinajstić information content (AvgIpc) is 3.37. The van der Waals surface area contributed by atoms with Gasteiger partial charge in [0.25, 0.3) is 0 Å². The first-order chi connectivity index (χ1) is 18.8. The molecule has 0 spiro atoms. The predicted molar refractivity (Wildman–Crippen MR) is 167 cm³/mol. The topological polar surface area (TPSA) is 3.24 Å². The van der Waals surface area contributed by atoms with Gasteiger partial charge in [-0.3, -0.25) is 0 Å². The second-order valence-electron chi connectivity index (χ2n) is 9.78. The highest BCUT2D eigenvalue weighted by molar-refractivity contribution is 7.26. The van der Waals surface area contributed by atoms with Crippen LogP contribution in [0.4, 0.5) is 17.1 Å². The molecule has 38 heavy (non-hydrogen) atoms. The smallest absolute Gasteiger partial charge is 0.0554 e. The van der Waals surface area contributed by atoms with Gasteiger partial charge in [-0.25, -0.2) is 0 Å². The van der Waals surface area contributed by atoms with Gasteiger partial charge in [0.1, 0.15) is 0 Å². The zero-order valence-corrected chi connectivity index (χ0v) is 21.5. The summed E-state index contributed by atoms with van der Waals surface area (Å²) in [6, 6.07) is 50.8. The maximum Gasteiger partial charge on any atom is 0.0554 e. The Morgan fingerprint density at radius 2 is 1.08 bits per heavy atom. The monoisotopic (exact) mass is 501 g/mol. The quantitative estimate of drug-likeness (QED) is 0.218. The minimum absolute atomic E-state index is 1.15. The predicted octanol–water partition coefficient (Wildman–Crippen LogP) is 11.0. The summed E-state index contributed by atoms with van der Waals surface area (Å²) in [5, 5.41) is 10.3. The molecular weight excluding hydrogens is 478 g/mol. The molecule has 1 aromatic heterocycles. The fourth-order valence-electron chi connectivity index (χ4n) is 5.91. The number of para-hydroxylation sites is 1. The molecule has 0 aliphatic heterocycles. The van der Waals surface area contributed by atoms with Crippen molar-refractivity contribution in [1.82, 2.24) is 0 Å². The molecule has 0 amide bonds. The fraction of sp³-hybridized carbons (Fsp3) is 0. The number of benzene rings is 7. The maximum atomic E-state index is 2.41. The first-order valence-corrected chi connectivity index (χ1v) is 13.8. The van der Waals surface area contributed by atoms with Crippen LogP contribution >= 0.6 is 11.3 Å². The van der Waals surface area contributed by atoms with Crippen LogP contribution in [0, 0.1) is 0 Å². The van der Waals surface area contributed by atoms with Crippen molar-refractivity contribution in [3.8, 4) is 0 Å². The van der Waals surface area contributed by atoms with Crippen LogP contribution in [0.15, 0.2) is 140 Å². The van der Waals surface area contributed by atoms with E-state index < -0.39 is 0 Å². The number of rotatable bonds is 3. The van der Waals surface area contributed by atoms with Crippen LogP contribution in [0.2, 0.25) is 0 Å². The van der Waals surface area contributed by atoms with Crippen molar-refractivity contribution in [3.05, 3.63) is 140 Å². The molecule has 0 radical (unpaired) electrons. The van der Waals surface area contributed by atoms with Crippen molar-refractivity contribution >= 4 is 80.9 Å². The molecule has 0 saturated heterocycles. The van der Waals surface area contributed by atoms with Crippen molar-refractivity contribution in [2.75, 3.05) is 4.90 Å². The van der Waals surface area contributed by atoms with Gasteiger partial charge in [-0.05, 0) is 74.8 Å². The van der Waals surface area contributed by atoms with Crippen molar-refractivity contribution in [1.29, 1.82) is 0 Å². The summed E-state index contributed by atoms with van der Waals surface area (Å²) in [6.45, 7) is 0. The minimum atomic E-state index is 1.15. The van der Waals surface area contributed by atoms with E-state index in [-0.39, 0.29) is 0 Å². The van der Waals surface area contributed by atoms with E-state index in [1.165, 1.54) is 58.2 Å². The fourth-order valence-corrected chi connectivity index (χ4v) is 7.04. The van der Waals surface area contributed by atoms with Crippen LogP contribution in [0.1, 0.15) is 0 Å². The first kappa shape index (κ1) is 21.4. The summed E-state index contributed by atoms with van der Waals surface area (Å²) in [6.07, 6.45) is 0. The Balaban J connectivity index is 1.42. The molecule has 0 N–H and O–H groups in total.